The topological polar surface area (TPSA) is 139 Å². The van der Waals surface area contributed by atoms with Crippen LogP contribution in [0.1, 0.15) is 43.5 Å². The highest BCUT2D eigenvalue weighted by molar-refractivity contribution is 5.82. The lowest BCUT2D eigenvalue weighted by molar-refractivity contribution is -0.132. The van der Waals surface area contributed by atoms with Crippen LogP contribution < -0.4 is 15.2 Å². The van der Waals surface area contributed by atoms with E-state index in [4.69, 9.17) is 25.1 Å². The normalized spacial score (nSPS) is 12.0. The van der Waals surface area contributed by atoms with Crippen LogP contribution in [0, 0.1) is 11.3 Å². The molecule has 1 aliphatic rings. The van der Waals surface area contributed by atoms with Crippen molar-refractivity contribution in [1.82, 2.24) is 9.88 Å². The Morgan fingerprint density at radius 3 is 2.69 bits per heavy atom. The van der Waals surface area contributed by atoms with E-state index in [1.807, 2.05) is 36.9 Å². The average molecular weight is 441 g/mol. The van der Waals surface area contributed by atoms with Crippen LogP contribution in [-0.4, -0.2) is 47.6 Å². The van der Waals surface area contributed by atoms with Crippen LogP contribution >= 0.6 is 0 Å². The van der Waals surface area contributed by atoms with Crippen molar-refractivity contribution in [1.29, 1.82) is 5.26 Å². The maximum atomic E-state index is 12.5. The van der Waals surface area contributed by atoms with Crippen molar-refractivity contribution >= 4 is 18.2 Å². The minimum atomic E-state index is -0.250. The SMILES string of the molecule is CCCC(=O)N1CCc2nc(N)c(C#N)c(-c3ccc(OC)c(OCC)c3)c2C1.O=CO. The first-order valence-electron chi connectivity index (χ1n) is 10.3. The summed E-state index contributed by atoms with van der Waals surface area (Å²) in [5.41, 5.74) is 9.66. The lowest BCUT2D eigenvalue weighted by Crippen LogP contribution is -2.36. The fourth-order valence-electron chi connectivity index (χ4n) is 3.70. The number of nitrogens with two attached hydrogens (primary N) is 1. The van der Waals surface area contributed by atoms with Gasteiger partial charge in [-0.25, -0.2) is 4.98 Å². The summed E-state index contributed by atoms with van der Waals surface area (Å²) in [7, 11) is 1.59. The summed E-state index contributed by atoms with van der Waals surface area (Å²) < 4.78 is 11.1. The zero-order valence-corrected chi connectivity index (χ0v) is 18.6. The van der Waals surface area contributed by atoms with Gasteiger partial charge in [0.25, 0.3) is 6.47 Å². The van der Waals surface area contributed by atoms with E-state index in [1.54, 1.807) is 7.11 Å². The smallest absolute Gasteiger partial charge is 0.290 e. The van der Waals surface area contributed by atoms with E-state index in [1.165, 1.54) is 0 Å². The Bertz CT molecular complexity index is 1020. The third kappa shape index (κ3) is 5.27. The van der Waals surface area contributed by atoms with E-state index < -0.39 is 0 Å². The molecule has 9 heteroatoms. The second kappa shape index (κ2) is 11.6. The highest BCUT2D eigenvalue weighted by atomic mass is 16.5. The van der Waals surface area contributed by atoms with Gasteiger partial charge < -0.3 is 25.2 Å². The van der Waals surface area contributed by atoms with Crippen LogP contribution in [0.3, 0.4) is 0 Å². The van der Waals surface area contributed by atoms with E-state index in [0.29, 0.717) is 55.2 Å². The molecule has 1 aromatic heterocycles. The first kappa shape index (κ1) is 24.5. The molecule has 0 aliphatic carbocycles. The predicted molar refractivity (Wildman–Crippen MR) is 119 cm³/mol. The van der Waals surface area contributed by atoms with Crippen molar-refractivity contribution in [3.05, 3.63) is 35.0 Å². The van der Waals surface area contributed by atoms with Crippen LogP contribution in [0.4, 0.5) is 5.82 Å². The van der Waals surface area contributed by atoms with E-state index in [0.717, 1.165) is 23.2 Å². The average Bonchev–Trinajstić information content (AvgIpc) is 2.78. The van der Waals surface area contributed by atoms with Gasteiger partial charge in [0.2, 0.25) is 5.91 Å². The summed E-state index contributed by atoms with van der Waals surface area (Å²) in [6, 6.07) is 7.74. The first-order chi connectivity index (χ1) is 15.4. The van der Waals surface area contributed by atoms with Crippen molar-refractivity contribution in [2.75, 3.05) is 26.0 Å². The maximum Gasteiger partial charge on any atom is 0.290 e. The number of nitrogens with zero attached hydrogens (tertiary/aromatic N) is 3. The Morgan fingerprint density at radius 1 is 1.38 bits per heavy atom. The van der Waals surface area contributed by atoms with Crippen molar-refractivity contribution in [3.8, 4) is 28.7 Å². The molecular weight excluding hydrogens is 412 g/mol. The zero-order chi connectivity index (χ0) is 23.7. The number of fused-ring (bicyclic) bond motifs is 1. The molecule has 9 nitrogen and oxygen atoms in total. The van der Waals surface area contributed by atoms with Crippen LogP contribution in [0.25, 0.3) is 11.1 Å². The number of benzene rings is 1. The van der Waals surface area contributed by atoms with Gasteiger partial charge in [0.05, 0.1) is 19.4 Å². The van der Waals surface area contributed by atoms with Crippen LogP contribution in [0.5, 0.6) is 11.5 Å². The molecule has 2 aromatic rings. The largest absolute Gasteiger partial charge is 0.493 e. The summed E-state index contributed by atoms with van der Waals surface area (Å²) in [4.78, 5) is 27.1. The van der Waals surface area contributed by atoms with Crippen LogP contribution in [0.2, 0.25) is 0 Å². The number of carbonyl (C=O) groups excluding carboxylic acids is 1. The van der Waals surface area contributed by atoms with Gasteiger partial charge >= 0.3 is 0 Å². The minimum absolute atomic E-state index is 0.115. The standard InChI is InChI=1S/C22H26N4O3.CH2O2/c1-4-6-20(27)26-10-9-17-16(13-26)21(15(12-23)22(24)25-17)14-7-8-18(28-3)19(11-14)29-5-2;2-1-3/h7-8,11H,4-6,9-10,13H2,1-3H3,(H2,24,25);1H,(H,2,3). The first-order valence-corrected chi connectivity index (χ1v) is 10.3. The third-order valence-electron chi connectivity index (χ3n) is 5.06. The van der Waals surface area contributed by atoms with Gasteiger partial charge in [-0.3, -0.25) is 9.59 Å². The molecule has 1 aliphatic heterocycles. The number of carbonyl (C=O) groups is 2. The number of methoxy groups -OCH3 is 1. The molecule has 0 saturated carbocycles. The maximum absolute atomic E-state index is 12.5. The molecule has 0 unspecified atom stereocenters. The predicted octanol–water partition coefficient (Wildman–Crippen LogP) is 3.00. The van der Waals surface area contributed by atoms with Crippen molar-refractivity contribution in [3.63, 3.8) is 0 Å². The molecule has 0 saturated heterocycles. The molecule has 1 amide bonds. The number of hydrogen-bond donors (Lipinski definition) is 2. The van der Waals surface area contributed by atoms with Gasteiger partial charge in [0.1, 0.15) is 17.5 Å². The molecule has 0 spiro atoms. The van der Waals surface area contributed by atoms with Gasteiger partial charge in [0, 0.05) is 37.1 Å². The Hall–Kier alpha value is -3.80. The summed E-state index contributed by atoms with van der Waals surface area (Å²) >= 11 is 0. The number of aromatic nitrogens is 1. The molecule has 0 atom stereocenters. The number of rotatable bonds is 6. The lowest BCUT2D eigenvalue weighted by Gasteiger charge is -2.30. The lowest BCUT2D eigenvalue weighted by atomic mass is 9.90. The van der Waals surface area contributed by atoms with Crippen molar-refractivity contribution in [2.24, 2.45) is 0 Å². The van der Waals surface area contributed by atoms with Gasteiger partial charge in [-0.2, -0.15) is 5.26 Å². The summed E-state index contributed by atoms with van der Waals surface area (Å²) in [5, 5.41) is 16.7. The number of nitriles is 1. The van der Waals surface area contributed by atoms with Crippen LogP contribution in [0.15, 0.2) is 18.2 Å². The quantitative estimate of drug-likeness (QED) is 0.654. The number of carboxylic acid groups (broad SMARTS) is 1. The fourth-order valence-corrected chi connectivity index (χ4v) is 3.70. The number of nitrogen functional groups attached to an aromatic ring is 1. The highest BCUT2D eigenvalue weighted by Crippen LogP contribution is 2.39. The molecule has 32 heavy (non-hydrogen) atoms. The monoisotopic (exact) mass is 440 g/mol. The second-order valence-electron chi connectivity index (χ2n) is 7.00. The van der Waals surface area contributed by atoms with Gasteiger partial charge in [-0.05, 0) is 31.0 Å². The van der Waals surface area contributed by atoms with E-state index in [9.17, 15) is 10.1 Å². The Kier molecular flexibility index (Phi) is 8.83. The van der Waals surface area contributed by atoms with Crippen molar-refractivity contribution in [2.45, 2.75) is 39.7 Å². The summed E-state index contributed by atoms with van der Waals surface area (Å²) in [6.07, 6.45) is 1.92. The molecule has 0 radical (unpaired) electrons. The number of ether oxygens (including phenoxy) is 2. The molecule has 3 rings (SSSR count). The van der Waals surface area contributed by atoms with E-state index in [2.05, 4.69) is 11.1 Å². The van der Waals surface area contributed by atoms with Gasteiger partial charge in [0.15, 0.2) is 11.5 Å². The van der Waals surface area contributed by atoms with Gasteiger partial charge in [-0.1, -0.05) is 13.0 Å². The number of anilines is 1. The molecule has 0 fully saturated rings. The third-order valence-corrected chi connectivity index (χ3v) is 5.06. The Balaban J connectivity index is 0.00000114. The fraction of sp³-hybridized carbons (Fsp3) is 0.391. The van der Waals surface area contributed by atoms with E-state index >= 15 is 0 Å². The number of amides is 1. The van der Waals surface area contributed by atoms with Crippen LogP contribution in [-0.2, 0) is 22.6 Å². The van der Waals surface area contributed by atoms with Gasteiger partial charge in [-0.15, -0.1) is 0 Å². The Labute approximate surface area is 187 Å². The second-order valence-corrected chi connectivity index (χ2v) is 7.00. The van der Waals surface area contributed by atoms with Crippen molar-refractivity contribution < 1.29 is 24.2 Å². The summed E-state index contributed by atoms with van der Waals surface area (Å²) in [5.74, 6) is 1.53. The van der Waals surface area contributed by atoms with E-state index in [-0.39, 0.29) is 18.2 Å². The summed E-state index contributed by atoms with van der Waals surface area (Å²) in [6.45, 7) is 5.15. The molecular formula is C23H28N4O5. The molecule has 2 heterocycles. The molecule has 3 N–H and O–H groups in total. The molecule has 1 aromatic carbocycles. The highest BCUT2D eigenvalue weighted by Gasteiger charge is 2.27. The molecule has 0 bridgehead atoms. The zero-order valence-electron chi connectivity index (χ0n) is 18.6. The Morgan fingerprint density at radius 2 is 2.09 bits per heavy atom. The number of pyridine rings is 1. The minimum Gasteiger partial charge on any atom is -0.493 e. The number of hydrogen-bond acceptors (Lipinski definition) is 7. The molecule has 170 valence electrons.